The van der Waals surface area contributed by atoms with E-state index in [0.29, 0.717) is 18.2 Å². The van der Waals surface area contributed by atoms with Gasteiger partial charge in [0.25, 0.3) is 0 Å². The highest BCUT2D eigenvalue weighted by molar-refractivity contribution is 5.07. The molecular weight excluding hydrogens is 216 g/mol. The van der Waals surface area contributed by atoms with Gasteiger partial charge in [-0.3, -0.25) is 4.98 Å². The van der Waals surface area contributed by atoms with Gasteiger partial charge in [0.15, 0.2) is 0 Å². The number of nitrogens with zero attached hydrogens (tertiary/aromatic N) is 2. The van der Waals surface area contributed by atoms with Gasteiger partial charge in [-0.05, 0) is 6.42 Å². The molecule has 0 aromatic carbocycles. The van der Waals surface area contributed by atoms with Crippen LogP contribution in [0.3, 0.4) is 0 Å². The van der Waals surface area contributed by atoms with Crippen LogP contribution in [0.1, 0.15) is 51.1 Å². The van der Waals surface area contributed by atoms with Crippen molar-refractivity contribution in [3.05, 3.63) is 18.1 Å². The zero-order valence-electron chi connectivity index (χ0n) is 10.6. The van der Waals surface area contributed by atoms with Crippen molar-refractivity contribution in [2.45, 2.75) is 52.1 Å². The highest BCUT2D eigenvalue weighted by atomic mass is 16.5. The predicted octanol–water partition coefficient (Wildman–Crippen LogP) is 2.71. The van der Waals surface area contributed by atoms with Gasteiger partial charge >= 0.3 is 0 Å². The summed E-state index contributed by atoms with van der Waals surface area (Å²) in [5.41, 5.74) is 0.547. The van der Waals surface area contributed by atoms with Gasteiger partial charge in [0.2, 0.25) is 5.88 Å². The Morgan fingerprint density at radius 2 is 1.88 bits per heavy atom. The van der Waals surface area contributed by atoms with Crippen LogP contribution in [0.15, 0.2) is 12.4 Å². The minimum absolute atomic E-state index is 0.0960. The molecule has 1 aromatic heterocycles. The van der Waals surface area contributed by atoms with Crippen LogP contribution in [0.2, 0.25) is 0 Å². The number of aliphatic hydroxyl groups is 1. The summed E-state index contributed by atoms with van der Waals surface area (Å²) >= 11 is 0. The predicted molar refractivity (Wildman–Crippen MR) is 66.8 cm³/mol. The quantitative estimate of drug-likeness (QED) is 0.672. The number of ether oxygens (including phenoxy) is 1. The highest BCUT2D eigenvalue weighted by Gasteiger charge is 1.98. The van der Waals surface area contributed by atoms with E-state index in [2.05, 4.69) is 16.9 Å². The van der Waals surface area contributed by atoms with Gasteiger partial charge in [0.1, 0.15) is 0 Å². The van der Waals surface area contributed by atoms with Crippen LogP contribution in [0.4, 0.5) is 0 Å². The SMILES string of the molecule is CCCCCCCCOc1cncc(CO)n1. The number of aromatic nitrogens is 2. The molecule has 0 radical (unpaired) electrons. The molecule has 1 N–H and O–H groups in total. The molecule has 0 unspecified atom stereocenters. The van der Waals surface area contributed by atoms with E-state index < -0.39 is 0 Å². The molecule has 0 aliphatic rings. The minimum atomic E-state index is -0.0960. The fraction of sp³-hybridized carbons (Fsp3) is 0.692. The number of rotatable bonds is 9. The van der Waals surface area contributed by atoms with Crippen LogP contribution in [0, 0.1) is 0 Å². The third-order valence-corrected chi connectivity index (χ3v) is 2.57. The first-order valence-electron chi connectivity index (χ1n) is 6.41. The molecule has 4 heteroatoms. The Bertz CT molecular complexity index is 305. The zero-order valence-corrected chi connectivity index (χ0v) is 10.6. The van der Waals surface area contributed by atoms with E-state index in [9.17, 15) is 0 Å². The topological polar surface area (TPSA) is 55.2 Å². The van der Waals surface area contributed by atoms with Crippen LogP contribution in [0.25, 0.3) is 0 Å². The summed E-state index contributed by atoms with van der Waals surface area (Å²) in [7, 11) is 0. The van der Waals surface area contributed by atoms with E-state index in [1.54, 1.807) is 6.20 Å². The lowest BCUT2D eigenvalue weighted by atomic mass is 10.1. The number of hydrogen-bond acceptors (Lipinski definition) is 4. The van der Waals surface area contributed by atoms with E-state index in [0.717, 1.165) is 6.42 Å². The summed E-state index contributed by atoms with van der Waals surface area (Å²) in [4.78, 5) is 8.05. The first kappa shape index (κ1) is 13.9. The molecule has 0 bridgehead atoms. The summed E-state index contributed by atoms with van der Waals surface area (Å²) in [6, 6.07) is 0. The molecule has 96 valence electrons. The molecule has 0 amide bonds. The van der Waals surface area contributed by atoms with Crippen molar-refractivity contribution in [1.29, 1.82) is 0 Å². The molecule has 0 atom stereocenters. The Kier molecular flexibility index (Phi) is 7.30. The second kappa shape index (κ2) is 8.93. The Morgan fingerprint density at radius 3 is 2.65 bits per heavy atom. The van der Waals surface area contributed by atoms with Crippen LogP contribution < -0.4 is 4.74 Å². The van der Waals surface area contributed by atoms with Gasteiger partial charge in [-0.15, -0.1) is 0 Å². The average Bonchev–Trinajstić information content (AvgIpc) is 2.38. The third kappa shape index (κ3) is 6.22. The molecule has 0 fully saturated rings. The molecule has 4 nitrogen and oxygen atoms in total. The van der Waals surface area contributed by atoms with Crippen molar-refractivity contribution < 1.29 is 9.84 Å². The smallest absolute Gasteiger partial charge is 0.232 e. The Hall–Kier alpha value is -1.16. The Balaban J connectivity index is 2.09. The number of unbranched alkanes of at least 4 members (excludes halogenated alkanes) is 5. The third-order valence-electron chi connectivity index (χ3n) is 2.57. The van der Waals surface area contributed by atoms with Crippen molar-refractivity contribution in [3.63, 3.8) is 0 Å². The summed E-state index contributed by atoms with van der Waals surface area (Å²) in [5, 5.41) is 8.90. The molecule has 1 aromatic rings. The van der Waals surface area contributed by atoms with E-state index in [4.69, 9.17) is 9.84 Å². The highest BCUT2D eigenvalue weighted by Crippen LogP contribution is 2.08. The Labute approximate surface area is 103 Å². The maximum atomic E-state index is 8.90. The van der Waals surface area contributed by atoms with Crippen LogP contribution >= 0.6 is 0 Å². The zero-order chi connectivity index (χ0) is 12.3. The lowest BCUT2D eigenvalue weighted by molar-refractivity contribution is 0.265. The van der Waals surface area contributed by atoms with Gasteiger partial charge in [0, 0.05) is 0 Å². The fourth-order valence-corrected chi connectivity index (χ4v) is 1.59. The molecule has 0 saturated heterocycles. The van der Waals surface area contributed by atoms with Crippen LogP contribution in [-0.4, -0.2) is 21.7 Å². The summed E-state index contributed by atoms with van der Waals surface area (Å²) in [6.07, 6.45) is 10.6. The van der Waals surface area contributed by atoms with Crippen LogP contribution in [-0.2, 0) is 6.61 Å². The normalized spacial score (nSPS) is 10.5. The fourth-order valence-electron chi connectivity index (χ4n) is 1.59. The largest absolute Gasteiger partial charge is 0.477 e. The van der Waals surface area contributed by atoms with Gasteiger partial charge in [0.05, 0.1) is 31.3 Å². The molecule has 1 rings (SSSR count). The van der Waals surface area contributed by atoms with Crippen molar-refractivity contribution in [3.8, 4) is 5.88 Å². The lowest BCUT2D eigenvalue weighted by Crippen LogP contribution is -2.01. The minimum Gasteiger partial charge on any atom is -0.477 e. The molecule has 1 heterocycles. The summed E-state index contributed by atoms with van der Waals surface area (Å²) in [6.45, 7) is 2.80. The maximum Gasteiger partial charge on any atom is 0.232 e. The standard InChI is InChI=1S/C13H22N2O2/c1-2-3-4-5-6-7-8-17-13-10-14-9-12(11-16)15-13/h9-10,16H,2-8,11H2,1H3. The van der Waals surface area contributed by atoms with E-state index in [-0.39, 0.29) is 6.61 Å². The van der Waals surface area contributed by atoms with Gasteiger partial charge in [-0.1, -0.05) is 39.0 Å². The summed E-state index contributed by atoms with van der Waals surface area (Å²) < 4.78 is 5.47. The first-order chi connectivity index (χ1) is 8.36. The first-order valence-corrected chi connectivity index (χ1v) is 6.41. The molecule has 0 aliphatic carbocycles. The molecular formula is C13H22N2O2. The van der Waals surface area contributed by atoms with E-state index >= 15 is 0 Å². The Morgan fingerprint density at radius 1 is 1.12 bits per heavy atom. The van der Waals surface area contributed by atoms with E-state index in [1.165, 1.54) is 38.3 Å². The van der Waals surface area contributed by atoms with Gasteiger partial charge < -0.3 is 9.84 Å². The summed E-state index contributed by atoms with van der Waals surface area (Å²) in [5.74, 6) is 0.505. The van der Waals surface area contributed by atoms with Gasteiger partial charge in [-0.2, -0.15) is 0 Å². The van der Waals surface area contributed by atoms with Crippen LogP contribution in [0.5, 0.6) is 5.88 Å². The van der Waals surface area contributed by atoms with Crippen molar-refractivity contribution >= 4 is 0 Å². The lowest BCUT2D eigenvalue weighted by Gasteiger charge is -2.05. The van der Waals surface area contributed by atoms with Crippen molar-refractivity contribution in [2.24, 2.45) is 0 Å². The second-order valence-electron chi connectivity index (χ2n) is 4.12. The molecule has 0 aliphatic heterocycles. The molecule has 17 heavy (non-hydrogen) atoms. The number of aliphatic hydroxyl groups excluding tert-OH is 1. The molecule has 0 saturated carbocycles. The second-order valence-corrected chi connectivity index (χ2v) is 4.12. The molecule has 0 spiro atoms. The monoisotopic (exact) mass is 238 g/mol. The van der Waals surface area contributed by atoms with Gasteiger partial charge in [-0.25, -0.2) is 4.98 Å². The number of hydrogen-bond donors (Lipinski definition) is 1. The van der Waals surface area contributed by atoms with Crippen molar-refractivity contribution in [1.82, 2.24) is 9.97 Å². The average molecular weight is 238 g/mol. The maximum absolute atomic E-state index is 8.90. The van der Waals surface area contributed by atoms with Crippen molar-refractivity contribution in [2.75, 3.05) is 6.61 Å². The van der Waals surface area contributed by atoms with E-state index in [1.807, 2.05) is 0 Å².